The predicted octanol–water partition coefficient (Wildman–Crippen LogP) is 2.88. The molecule has 0 fully saturated rings. The summed E-state index contributed by atoms with van der Waals surface area (Å²) >= 11 is 11.6. The Bertz CT molecular complexity index is 394. The van der Waals surface area contributed by atoms with Crippen LogP contribution in [0.25, 0.3) is 0 Å². The summed E-state index contributed by atoms with van der Waals surface area (Å²) in [7, 11) is 0. The molecule has 1 aromatic carbocycles. The van der Waals surface area contributed by atoms with Gasteiger partial charge in [0.05, 0.1) is 5.02 Å². The van der Waals surface area contributed by atoms with E-state index in [1.54, 1.807) is 12.1 Å². The third kappa shape index (κ3) is 3.37. The van der Waals surface area contributed by atoms with Gasteiger partial charge in [-0.2, -0.15) is 0 Å². The summed E-state index contributed by atoms with van der Waals surface area (Å²) in [5.74, 6) is -0.278. The van der Waals surface area contributed by atoms with Crippen molar-refractivity contribution in [2.24, 2.45) is 11.7 Å². The van der Waals surface area contributed by atoms with Crippen molar-refractivity contribution >= 4 is 29.2 Å². The Balaban J connectivity index is 2.80. The summed E-state index contributed by atoms with van der Waals surface area (Å²) < 4.78 is 5.07. The number of hydrogen-bond donors (Lipinski definition) is 1. The van der Waals surface area contributed by atoms with E-state index in [1.807, 2.05) is 13.8 Å². The van der Waals surface area contributed by atoms with Crippen molar-refractivity contribution in [2.45, 2.75) is 19.9 Å². The van der Waals surface area contributed by atoms with E-state index in [2.05, 4.69) is 0 Å². The Morgan fingerprint density at radius 3 is 2.56 bits per heavy atom. The second-order valence-corrected chi connectivity index (χ2v) is 4.61. The van der Waals surface area contributed by atoms with Crippen molar-refractivity contribution in [3.8, 4) is 5.75 Å². The maximum atomic E-state index is 11.6. The second kappa shape index (κ2) is 5.53. The smallest absolute Gasteiger partial charge is 0.328 e. The van der Waals surface area contributed by atoms with E-state index >= 15 is 0 Å². The molecular formula is C11H13Cl2NO2. The van der Waals surface area contributed by atoms with Gasteiger partial charge in [0.2, 0.25) is 0 Å². The molecule has 2 N–H and O–H groups in total. The molecule has 0 aliphatic carbocycles. The maximum Gasteiger partial charge on any atom is 0.328 e. The summed E-state index contributed by atoms with van der Waals surface area (Å²) in [5, 5.41) is 0.777. The minimum Gasteiger partial charge on any atom is -0.424 e. The minimum atomic E-state index is -0.671. The van der Waals surface area contributed by atoms with Crippen LogP contribution in [0.1, 0.15) is 13.8 Å². The Kier molecular flexibility index (Phi) is 4.59. The molecule has 16 heavy (non-hydrogen) atoms. The highest BCUT2D eigenvalue weighted by Gasteiger charge is 2.20. The molecule has 0 aromatic heterocycles. The zero-order valence-electron chi connectivity index (χ0n) is 9.04. The van der Waals surface area contributed by atoms with Crippen molar-refractivity contribution in [1.82, 2.24) is 0 Å². The van der Waals surface area contributed by atoms with E-state index in [-0.39, 0.29) is 11.7 Å². The number of nitrogens with two attached hydrogens (primary N) is 1. The third-order valence-electron chi connectivity index (χ3n) is 2.09. The number of esters is 1. The molecule has 0 saturated carbocycles. The Morgan fingerprint density at radius 2 is 2.00 bits per heavy atom. The van der Waals surface area contributed by atoms with Crippen LogP contribution in [0.3, 0.4) is 0 Å². The summed E-state index contributed by atoms with van der Waals surface area (Å²) in [6.07, 6.45) is 0. The first-order chi connectivity index (χ1) is 7.41. The van der Waals surface area contributed by atoms with E-state index in [0.717, 1.165) is 0 Å². The van der Waals surface area contributed by atoms with E-state index in [9.17, 15) is 4.79 Å². The van der Waals surface area contributed by atoms with Gasteiger partial charge in [-0.1, -0.05) is 37.0 Å². The van der Waals surface area contributed by atoms with Crippen molar-refractivity contribution in [3.63, 3.8) is 0 Å². The fourth-order valence-corrected chi connectivity index (χ4v) is 1.32. The summed E-state index contributed by atoms with van der Waals surface area (Å²) in [4.78, 5) is 11.6. The lowest BCUT2D eigenvalue weighted by Crippen LogP contribution is -2.38. The van der Waals surface area contributed by atoms with Gasteiger partial charge < -0.3 is 10.5 Å². The van der Waals surface area contributed by atoms with Gasteiger partial charge in [0.1, 0.15) is 6.04 Å². The largest absolute Gasteiger partial charge is 0.424 e. The molecule has 1 rings (SSSR count). The zero-order valence-corrected chi connectivity index (χ0v) is 10.5. The lowest BCUT2D eigenvalue weighted by atomic mass is 10.1. The monoisotopic (exact) mass is 261 g/mol. The van der Waals surface area contributed by atoms with E-state index in [0.29, 0.717) is 10.0 Å². The zero-order chi connectivity index (χ0) is 12.3. The molecule has 88 valence electrons. The van der Waals surface area contributed by atoms with Crippen LogP contribution in [0.5, 0.6) is 5.75 Å². The lowest BCUT2D eigenvalue weighted by molar-refractivity contribution is -0.136. The first kappa shape index (κ1) is 13.3. The number of halogens is 2. The number of carbonyl (C=O) groups excluding carboxylic acids is 1. The van der Waals surface area contributed by atoms with Crippen LogP contribution >= 0.6 is 23.2 Å². The third-order valence-corrected chi connectivity index (χ3v) is 2.64. The van der Waals surface area contributed by atoms with Crippen LogP contribution in [0.2, 0.25) is 10.0 Å². The van der Waals surface area contributed by atoms with Gasteiger partial charge in [0.25, 0.3) is 0 Å². The normalized spacial score (nSPS) is 12.6. The summed E-state index contributed by atoms with van der Waals surface area (Å²) in [5.41, 5.74) is 5.65. The highest BCUT2D eigenvalue weighted by atomic mass is 35.5. The van der Waals surface area contributed by atoms with Crippen LogP contribution in [0, 0.1) is 5.92 Å². The highest BCUT2D eigenvalue weighted by molar-refractivity contribution is 6.34. The molecule has 3 nitrogen and oxygen atoms in total. The standard InChI is InChI=1S/C11H13Cl2NO2/c1-6(2)10(14)11(15)16-9-5-7(12)3-4-8(9)13/h3-6,10H,14H2,1-2H3. The lowest BCUT2D eigenvalue weighted by Gasteiger charge is -2.14. The van der Waals surface area contributed by atoms with Crippen molar-refractivity contribution in [1.29, 1.82) is 0 Å². The van der Waals surface area contributed by atoms with Gasteiger partial charge in [-0.3, -0.25) is 0 Å². The minimum absolute atomic E-state index is 0.00506. The number of hydrogen-bond acceptors (Lipinski definition) is 3. The van der Waals surface area contributed by atoms with Crippen molar-refractivity contribution in [3.05, 3.63) is 28.2 Å². The molecule has 0 saturated heterocycles. The quantitative estimate of drug-likeness (QED) is 0.673. The van der Waals surface area contributed by atoms with Crippen LogP contribution in [-0.2, 0) is 4.79 Å². The number of rotatable bonds is 3. The van der Waals surface area contributed by atoms with Gasteiger partial charge in [-0.15, -0.1) is 0 Å². The average molecular weight is 262 g/mol. The van der Waals surface area contributed by atoms with Gasteiger partial charge in [-0.05, 0) is 18.1 Å². The van der Waals surface area contributed by atoms with Gasteiger partial charge >= 0.3 is 5.97 Å². The summed E-state index contributed by atoms with van der Waals surface area (Å²) in [6.45, 7) is 3.68. The van der Waals surface area contributed by atoms with Crippen LogP contribution < -0.4 is 10.5 Å². The molecule has 1 aromatic rings. The Morgan fingerprint density at radius 1 is 1.38 bits per heavy atom. The highest BCUT2D eigenvalue weighted by Crippen LogP contribution is 2.28. The maximum absolute atomic E-state index is 11.6. The first-order valence-electron chi connectivity index (χ1n) is 4.84. The number of carbonyl (C=O) groups is 1. The molecule has 0 amide bonds. The molecule has 5 heteroatoms. The molecule has 0 heterocycles. The number of ether oxygens (including phenoxy) is 1. The average Bonchev–Trinajstić information content (AvgIpc) is 2.22. The molecule has 0 aliphatic heterocycles. The van der Waals surface area contributed by atoms with Crippen LogP contribution in [0.15, 0.2) is 18.2 Å². The molecule has 0 radical (unpaired) electrons. The molecule has 1 unspecified atom stereocenters. The van der Waals surface area contributed by atoms with Crippen molar-refractivity contribution < 1.29 is 9.53 Å². The van der Waals surface area contributed by atoms with E-state index in [4.69, 9.17) is 33.7 Å². The second-order valence-electron chi connectivity index (χ2n) is 3.77. The van der Waals surface area contributed by atoms with Crippen molar-refractivity contribution in [2.75, 3.05) is 0 Å². The molecule has 1 atom stereocenters. The fraction of sp³-hybridized carbons (Fsp3) is 0.364. The van der Waals surface area contributed by atoms with Gasteiger partial charge in [0.15, 0.2) is 5.75 Å². The fourth-order valence-electron chi connectivity index (χ4n) is 1.00. The predicted molar refractivity (Wildman–Crippen MR) is 64.9 cm³/mol. The van der Waals surface area contributed by atoms with E-state index in [1.165, 1.54) is 6.07 Å². The van der Waals surface area contributed by atoms with Gasteiger partial charge in [-0.25, -0.2) is 4.79 Å². The Labute approximate surface area is 104 Å². The molecular weight excluding hydrogens is 249 g/mol. The SMILES string of the molecule is CC(C)C(N)C(=O)Oc1cc(Cl)ccc1Cl. The number of benzene rings is 1. The van der Waals surface area contributed by atoms with Gasteiger partial charge in [0, 0.05) is 11.1 Å². The summed E-state index contributed by atoms with van der Waals surface area (Å²) in [6, 6.07) is 3.99. The molecule has 0 aliphatic rings. The molecule has 0 spiro atoms. The first-order valence-corrected chi connectivity index (χ1v) is 5.59. The van der Waals surface area contributed by atoms with Crippen LogP contribution in [0.4, 0.5) is 0 Å². The topological polar surface area (TPSA) is 52.3 Å². The molecule has 0 bridgehead atoms. The van der Waals surface area contributed by atoms with Crippen LogP contribution in [-0.4, -0.2) is 12.0 Å². The Hall–Kier alpha value is -0.770. The van der Waals surface area contributed by atoms with E-state index < -0.39 is 12.0 Å².